The Labute approximate surface area is 119 Å². The van der Waals surface area contributed by atoms with Crippen LogP contribution in [0.3, 0.4) is 0 Å². The average Bonchev–Trinajstić information content (AvgIpc) is 2.79. The predicted octanol–water partition coefficient (Wildman–Crippen LogP) is 1.44. The van der Waals surface area contributed by atoms with Gasteiger partial charge in [0.25, 0.3) is 5.91 Å². The second kappa shape index (κ2) is 6.54. The standard InChI is InChI=1S/C14H23N3O3/c1-6-8-14(3,13(19)20-5)15-12(18)11-9-10(7-2)16-17(11)4/h9H,6-8H2,1-5H3,(H,15,18). The second-order valence-electron chi connectivity index (χ2n) is 5.03. The Morgan fingerprint density at radius 3 is 2.55 bits per heavy atom. The van der Waals surface area contributed by atoms with Crippen molar-refractivity contribution in [3.63, 3.8) is 0 Å². The molecule has 0 aliphatic heterocycles. The number of aromatic nitrogens is 2. The molecule has 1 rings (SSSR count). The van der Waals surface area contributed by atoms with Crippen LogP contribution in [0.5, 0.6) is 0 Å². The van der Waals surface area contributed by atoms with Crippen molar-refractivity contribution in [3.05, 3.63) is 17.5 Å². The van der Waals surface area contributed by atoms with Crippen LogP contribution in [-0.2, 0) is 23.0 Å². The van der Waals surface area contributed by atoms with Gasteiger partial charge in [0.2, 0.25) is 0 Å². The minimum atomic E-state index is -1.02. The van der Waals surface area contributed by atoms with E-state index in [1.807, 2.05) is 13.8 Å². The van der Waals surface area contributed by atoms with Crippen LogP contribution in [0.15, 0.2) is 6.07 Å². The molecule has 0 spiro atoms. The summed E-state index contributed by atoms with van der Waals surface area (Å²) in [5, 5.41) is 7.00. The largest absolute Gasteiger partial charge is 0.467 e. The summed E-state index contributed by atoms with van der Waals surface area (Å²) in [5.41, 5.74) is 0.262. The van der Waals surface area contributed by atoms with Gasteiger partial charge in [-0.25, -0.2) is 4.79 Å². The maximum absolute atomic E-state index is 12.3. The van der Waals surface area contributed by atoms with Gasteiger partial charge in [-0.1, -0.05) is 20.3 Å². The van der Waals surface area contributed by atoms with Crippen LogP contribution in [0, 0.1) is 0 Å². The van der Waals surface area contributed by atoms with E-state index in [4.69, 9.17) is 4.74 Å². The SMILES string of the molecule is CCCC(C)(NC(=O)c1cc(CC)nn1C)C(=O)OC. The molecule has 6 nitrogen and oxygen atoms in total. The lowest BCUT2D eigenvalue weighted by molar-refractivity contribution is -0.147. The van der Waals surface area contributed by atoms with Gasteiger partial charge in [-0.2, -0.15) is 5.10 Å². The summed E-state index contributed by atoms with van der Waals surface area (Å²) in [6.45, 7) is 5.60. The summed E-state index contributed by atoms with van der Waals surface area (Å²) in [7, 11) is 3.03. The summed E-state index contributed by atoms with van der Waals surface area (Å²) in [6, 6.07) is 1.74. The number of hydrogen-bond donors (Lipinski definition) is 1. The fourth-order valence-corrected chi connectivity index (χ4v) is 2.17. The van der Waals surface area contributed by atoms with Crippen molar-refractivity contribution in [2.75, 3.05) is 7.11 Å². The highest BCUT2D eigenvalue weighted by atomic mass is 16.5. The van der Waals surface area contributed by atoms with Crippen molar-refractivity contribution < 1.29 is 14.3 Å². The molecule has 0 aliphatic carbocycles. The zero-order valence-electron chi connectivity index (χ0n) is 12.8. The fraction of sp³-hybridized carbons (Fsp3) is 0.643. The van der Waals surface area contributed by atoms with Crippen molar-refractivity contribution in [1.29, 1.82) is 0 Å². The van der Waals surface area contributed by atoms with Gasteiger partial charge in [0.15, 0.2) is 0 Å². The number of rotatable bonds is 6. The topological polar surface area (TPSA) is 73.2 Å². The molecule has 20 heavy (non-hydrogen) atoms. The number of nitrogens with zero attached hydrogens (tertiary/aromatic N) is 2. The zero-order chi connectivity index (χ0) is 15.3. The molecule has 1 unspecified atom stereocenters. The van der Waals surface area contributed by atoms with E-state index >= 15 is 0 Å². The number of amides is 1. The summed E-state index contributed by atoms with van der Waals surface area (Å²) in [5.74, 6) is -0.758. The molecule has 0 aromatic carbocycles. The van der Waals surface area contributed by atoms with Gasteiger partial charge in [-0.05, 0) is 25.8 Å². The number of carbonyl (C=O) groups is 2. The molecule has 1 amide bonds. The number of hydrogen-bond acceptors (Lipinski definition) is 4. The maximum atomic E-state index is 12.3. The Morgan fingerprint density at radius 1 is 1.45 bits per heavy atom. The second-order valence-corrected chi connectivity index (χ2v) is 5.03. The van der Waals surface area contributed by atoms with E-state index in [1.54, 1.807) is 20.0 Å². The zero-order valence-corrected chi connectivity index (χ0v) is 12.8. The van der Waals surface area contributed by atoms with Crippen molar-refractivity contribution in [1.82, 2.24) is 15.1 Å². The predicted molar refractivity (Wildman–Crippen MR) is 75.4 cm³/mol. The molecule has 1 aromatic rings. The molecular weight excluding hydrogens is 258 g/mol. The van der Waals surface area contributed by atoms with E-state index in [1.165, 1.54) is 11.8 Å². The number of methoxy groups -OCH3 is 1. The van der Waals surface area contributed by atoms with Crippen molar-refractivity contribution >= 4 is 11.9 Å². The minimum absolute atomic E-state index is 0.318. The third-order valence-electron chi connectivity index (χ3n) is 3.30. The Balaban J connectivity index is 2.96. The van der Waals surface area contributed by atoms with E-state index in [2.05, 4.69) is 10.4 Å². The van der Waals surface area contributed by atoms with Crippen LogP contribution in [0.4, 0.5) is 0 Å². The van der Waals surface area contributed by atoms with Crippen LogP contribution >= 0.6 is 0 Å². The lowest BCUT2D eigenvalue weighted by Gasteiger charge is -2.27. The van der Waals surface area contributed by atoms with Crippen molar-refractivity contribution in [3.8, 4) is 0 Å². The third kappa shape index (κ3) is 3.37. The van der Waals surface area contributed by atoms with Gasteiger partial charge in [0.05, 0.1) is 12.8 Å². The lowest BCUT2D eigenvalue weighted by Crippen LogP contribution is -2.53. The number of ether oxygens (including phenoxy) is 1. The molecule has 0 fully saturated rings. The third-order valence-corrected chi connectivity index (χ3v) is 3.30. The van der Waals surface area contributed by atoms with Crippen LogP contribution in [-0.4, -0.2) is 34.3 Å². The van der Waals surface area contributed by atoms with E-state index in [0.29, 0.717) is 12.1 Å². The van der Waals surface area contributed by atoms with E-state index in [9.17, 15) is 9.59 Å². The molecule has 6 heteroatoms. The molecule has 0 aliphatic rings. The van der Waals surface area contributed by atoms with Gasteiger partial charge >= 0.3 is 5.97 Å². The van der Waals surface area contributed by atoms with Gasteiger partial charge < -0.3 is 10.1 Å². The molecule has 1 heterocycles. The van der Waals surface area contributed by atoms with Crippen LogP contribution in [0.1, 0.15) is 49.8 Å². The molecular formula is C14H23N3O3. The first-order valence-corrected chi connectivity index (χ1v) is 6.81. The van der Waals surface area contributed by atoms with Crippen LogP contribution in [0.2, 0.25) is 0 Å². The van der Waals surface area contributed by atoms with Gasteiger partial charge in [-0.3, -0.25) is 9.48 Å². The average molecular weight is 281 g/mol. The molecule has 1 atom stereocenters. The number of esters is 1. The molecule has 1 N–H and O–H groups in total. The van der Waals surface area contributed by atoms with Crippen LogP contribution < -0.4 is 5.32 Å². The Kier molecular flexibility index (Phi) is 5.30. The minimum Gasteiger partial charge on any atom is -0.467 e. The lowest BCUT2D eigenvalue weighted by atomic mass is 9.96. The molecule has 0 radical (unpaired) electrons. The van der Waals surface area contributed by atoms with Gasteiger partial charge in [0, 0.05) is 7.05 Å². The normalized spacial score (nSPS) is 13.7. The smallest absolute Gasteiger partial charge is 0.331 e. The Bertz CT molecular complexity index is 496. The highest BCUT2D eigenvalue weighted by Gasteiger charge is 2.36. The first-order valence-electron chi connectivity index (χ1n) is 6.81. The summed E-state index contributed by atoms with van der Waals surface area (Å²) < 4.78 is 6.31. The number of aryl methyl sites for hydroxylation is 2. The molecule has 0 bridgehead atoms. The summed E-state index contributed by atoms with van der Waals surface area (Å²) >= 11 is 0. The summed E-state index contributed by atoms with van der Waals surface area (Å²) in [4.78, 5) is 24.2. The quantitative estimate of drug-likeness (QED) is 0.801. The molecule has 0 saturated carbocycles. The molecule has 0 saturated heterocycles. The van der Waals surface area contributed by atoms with Gasteiger partial charge in [-0.15, -0.1) is 0 Å². The monoisotopic (exact) mass is 281 g/mol. The summed E-state index contributed by atoms with van der Waals surface area (Å²) in [6.07, 6.45) is 2.03. The first-order chi connectivity index (χ1) is 9.37. The highest BCUT2D eigenvalue weighted by Crippen LogP contribution is 2.16. The highest BCUT2D eigenvalue weighted by molar-refractivity contribution is 5.96. The Morgan fingerprint density at radius 2 is 2.10 bits per heavy atom. The number of nitrogens with one attached hydrogen (secondary N) is 1. The van der Waals surface area contributed by atoms with Gasteiger partial charge in [0.1, 0.15) is 11.2 Å². The Hall–Kier alpha value is -1.85. The maximum Gasteiger partial charge on any atom is 0.331 e. The van der Waals surface area contributed by atoms with Crippen molar-refractivity contribution in [2.45, 2.75) is 45.6 Å². The molecule has 1 aromatic heterocycles. The molecule has 112 valence electrons. The van der Waals surface area contributed by atoms with E-state index in [-0.39, 0.29) is 5.91 Å². The van der Waals surface area contributed by atoms with E-state index in [0.717, 1.165) is 18.5 Å². The van der Waals surface area contributed by atoms with E-state index < -0.39 is 11.5 Å². The first kappa shape index (κ1) is 16.2. The van der Waals surface area contributed by atoms with Crippen molar-refractivity contribution in [2.24, 2.45) is 7.05 Å². The fourth-order valence-electron chi connectivity index (χ4n) is 2.17. The number of carbonyl (C=O) groups excluding carboxylic acids is 2. The van der Waals surface area contributed by atoms with Crippen LogP contribution in [0.25, 0.3) is 0 Å².